The Morgan fingerprint density at radius 2 is 2.18 bits per heavy atom. The Morgan fingerprint density at radius 3 is 2.89 bits per heavy atom. The number of aromatic nitrogens is 2. The Morgan fingerprint density at radius 1 is 1.39 bits per heavy atom. The maximum Gasteiger partial charge on any atom is 0.370 e. The fourth-order valence-electron chi connectivity index (χ4n) is 3.18. The van der Waals surface area contributed by atoms with Crippen LogP contribution < -0.4 is 10.5 Å². The van der Waals surface area contributed by atoms with Crippen molar-refractivity contribution >= 4 is 35.9 Å². The van der Waals surface area contributed by atoms with E-state index in [1.807, 2.05) is 6.92 Å². The van der Waals surface area contributed by atoms with Gasteiger partial charge >= 0.3 is 5.97 Å². The molecule has 1 aromatic rings. The first-order valence-electron chi connectivity index (χ1n) is 10.0. The minimum Gasteiger partial charge on any atom is -0.475 e. The summed E-state index contributed by atoms with van der Waals surface area (Å²) >= 11 is 5.31. The first-order chi connectivity index (χ1) is 13.4. The van der Waals surface area contributed by atoms with Crippen LogP contribution in [0.15, 0.2) is 6.08 Å². The quantitative estimate of drug-likeness (QED) is 0.243. The van der Waals surface area contributed by atoms with Gasteiger partial charge in [-0.05, 0) is 6.42 Å². The summed E-state index contributed by atoms with van der Waals surface area (Å²) in [6.07, 6.45) is 7.45. The molecule has 1 unspecified atom stereocenters. The Bertz CT molecular complexity index is 667. The molecule has 9 heteroatoms. The van der Waals surface area contributed by atoms with E-state index >= 15 is 0 Å². The monoisotopic (exact) mass is 430 g/mol. The van der Waals surface area contributed by atoms with Gasteiger partial charge in [-0.15, -0.1) is 4.37 Å². The molecule has 0 aromatic carbocycles. The zero-order valence-corrected chi connectivity index (χ0v) is 18.9. The van der Waals surface area contributed by atoms with Gasteiger partial charge in [0.1, 0.15) is 12.2 Å². The number of ether oxygens (including phenoxy) is 2. The number of nitrogens with zero attached hydrogens (tertiary/aromatic N) is 3. The summed E-state index contributed by atoms with van der Waals surface area (Å²) in [5.74, 6) is 0.701. The average molecular weight is 431 g/mol. The van der Waals surface area contributed by atoms with Crippen LogP contribution in [-0.2, 0) is 9.53 Å². The van der Waals surface area contributed by atoms with Crippen molar-refractivity contribution in [2.75, 3.05) is 32.5 Å². The molecule has 2 rings (SSSR count). The van der Waals surface area contributed by atoms with Gasteiger partial charge in [-0.3, -0.25) is 4.48 Å². The van der Waals surface area contributed by atoms with Gasteiger partial charge in [0.15, 0.2) is 6.04 Å². The van der Waals surface area contributed by atoms with Crippen molar-refractivity contribution in [1.82, 2.24) is 8.75 Å². The number of quaternary nitrogens is 2. The van der Waals surface area contributed by atoms with Crippen LogP contribution in [-0.4, -0.2) is 64.0 Å². The maximum absolute atomic E-state index is 12.1. The summed E-state index contributed by atoms with van der Waals surface area (Å²) in [4.78, 5) is 12.1. The molecule has 1 aliphatic rings. The maximum atomic E-state index is 12.1. The number of carbonyl (C=O) groups is 1. The van der Waals surface area contributed by atoms with E-state index in [-0.39, 0.29) is 12.2 Å². The first-order valence-corrected chi connectivity index (χ1v) is 11.4. The highest BCUT2D eigenvalue weighted by atomic mass is 32.1. The molecular formula is C19H34N4O3S2+2. The van der Waals surface area contributed by atoms with E-state index < -0.39 is 6.04 Å². The molecule has 0 saturated heterocycles. The Hall–Kier alpha value is -1.16. The predicted molar refractivity (Wildman–Crippen MR) is 114 cm³/mol. The zero-order valence-electron chi connectivity index (χ0n) is 17.2. The molecular weight excluding hydrogens is 396 g/mol. The van der Waals surface area contributed by atoms with Crippen molar-refractivity contribution in [2.45, 2.75) is 58.2 Å². The first kappa shape index (κ1) is 23.1. The summed E-state index contributed by atoms with van der Waals surface area (Å²) in [6, 6.07) is -0.451. The van der Waals surface area contributed by atoms with Gasteiger partial charge in [0.2, 0.25) is 6.23 Å². The normalized spacial score (nSPS) is 21.7. The summed E-state index contributed by atoms with van der Waals surface area (Å²) in [5.41, 5.74) is 5.72. The van der Waals surface area contributed by atoms with E-state index in [1.165, 1.54) is 31.0 Å². The molecule has 0 amide bonds. The highest BCUT2D eigenvalue weighted by molar-refractivity contribution is 7.80. The molecule has 0 radical (unpaired) electrons. The standard InChI is InChI=1S/C19H32N4O3S2/c1-4-5-6-7-11-25-18-17(21-28-22-18)15-9-8-10-23(3,12-15)14(2)26-19(24)16(20)13-27/h9,14,16H,4-8,10-13,20H2,1-3H3/p+2/t14-,16+,23?/m1/s1. The van der Waals surface area contributed by atoms with Crippen molar-refractivity contribution in [3.8, 4) is 5.88 Å². The molecule has 3 atom stereocenters. The lowest BCUT2D eigenvalue weighted by atomic mass is 10.0. The fraction of sp³-hybridized carbons (Fsp3) is 0.737. The van der Waals surface area contributed by atoms with Crippen LogP contribution in [0.1, 0.15) is 51.6 Å². The Labute approximate surface area is 177 Å². The molecule has 1 aromatic heterocycles. The minimum atomic E-state index is -0.451. The van der Waals surface area contributed by atoms with Crippen LogP contribution >= 0.6 is 24.4 Å². The van der Waals surface area contributed by atoms with Gasteiger partial charge in [0.25, 0.3) is 5.88 Å². The third kappa shape index (κ3) is 6.17. The van der Waals surface area contributed by atoms with Crippen molar-refractivity contribution in [2.24, 2.45) is 0 Å². The van der Waals surface area contributed by atoms with Crippen molar-refractivity contribution in [3.05, 3.63) is 11.8 Å². The molecule has 0 bridgehead atoms. The molecule has 28 heavy (non-hydrogen) atoms. The van der Waals surface area contributed by atoms with Gasteiger partial charge in [0, 0.05) is 18.9 Å². The van der Waals surface area contributed by atoms with E-state index in [2.05, 4.69) is 47.2 Å². The highest BCUT2D eigenvalue weighted by Crippen LogP contribution is 2.31. The van der Waals surface area contributed by atoms with Crippen LogP contribution in [0, 0.1) is 0 Å². The van der Waals surface area contributed by atoms with Gasteiger partial charge < -0.3 is 15.2 Å². The van der Waals surface area contributed by atoms with Crippen molar-refractivity contribution in [3.63, 3.8) is 0 Å². The summed E-state index contributed by atoms with van der Waals surface area (Å²) < 4.78 is 21.0. The number of thiol groups is 1. The predicted octanol–water partition coefficient (Wildman–Crippen LogP) is 2.16. The molecule has 1 aliphatic heterocycles. The fourth-order valence-corrected chi connectivity index (χ4v) is 3.86. The second-order valence-electron chi connectivity index (χ2n) is 7.62. The van der Waals surface area contributed by atoms with E-state index in [0.717, 1.165) is 37.2 Å². The van der Waals surface area contributed by atoms with Gasteiger partial charge in [-0.25, -0.2) is 4.79 Å². The van der Waals surface area contributed by atoms with Crippen molar-refractivity contribution in [1.29, 1.82) is 0 Å². The SMILES string of the molecule is CCCCCCOc1nsnc1C1=CCC[N+](C)([C@@H](C)OC(=O)[C@@H]([NH3+])CS)C1. The number of hydrogen-bond acceptors (Lipinski definition) is 7. The number of rotatable bonds is 11. The molecule has 2 heterocycles. The highest BCUT2D eigenvalue weighted by Gasteiger charge is 2.37. The minimum absolute atomic E-state index is 0.273. The number of esters is 1. The zero-order chi connectivity index (χ0) is 20.6. The summed E-state index contributed by atoms with van der Waals surface area (Å²) in [6.45, 7) is 6.42. The van der Waals surface area contributed by atoms with Gasteiger partial charge in [-0.2, -0.15) is 17.0 Å². The van der Waals surface area contributed by atoms with Gasteiger partial charge in [0.05, 0.1) is 37.7 Å². The smallest absolute Gasteiger partial charge is 0.370 e. The van der Waals surface area contributed by atoms with Crippen molar-refractivity contribution < 1.29 is 24.5 Å². The molecule has 0 spiro atoms. The molecule has 7 nitrogen and oxygen atoms in total. The number of likely N-dealkylation sites (N-methyl/N-ethyl adjacent to an activating group) is 1. The largest absolute Gasteiger partial charge is 0.475 e. The molecule has 0 aliphatic carbocycles. The van der Waals surface area contributed by atoms with E-state index in [0.29, 0.717) is 22.7 Å². The second kappa shape index (κ2) is 11.1. The van der Waals surface area contributed by atoms with Crippen LogP contribution in [0.4, 0.5) is 0 Å². The lowest BCUT2D eigenvalue weighted by Crippen LogP contribution is -2.67. The molecule has 0 saturated carbocycles. The van der Waals surface area contributed by atoms with E-state index in [1.54, 1.807) is 0 Å². The number of hydrogen-bond donors (Lipinski definition) is 2. The molecule has 3 N–H and O–H groups in total. The molecule has 0 fully saturated rings. The number of unbranched alkanes of at least 4 members (excludes halogenated alkanes) is 3. The third-order valence-corrected chi connectivity index (χ3v) is 6.23. The van der Waals surface area contributed by atoms with E-state index in [9.17, 15) is 4.79 Å². The molecule has 158 valence electrons. The van der Waals surface area contributed by atoms with Gasteiger partial charge in [-0.1, -0.05) is 32.3 Å². The van der Waals surface area contributed by atoms with Crippen LogP contribution in [0.5, 0.6) is 5.88 Å². The summed E-state index contributed by atoms with van der Waals surface area (Å²) in [5, 5.41) is 0. The van der Waals surface area contributed by atoms with Crippen LogP contribution in [0.3, 0.4) is 0 Å². The second-order valence-corrected chi connectivity index (χ2v) is 8.52. The lowest BCUT2D eigenvalue weighted by Gasteiger charge is -2.41. The third-order valence-electron chi connectivity index (χ3n) is 5.28. The Balaban J connectivity index is 2.00. The lowest BCUT2D eigenvalue weighted by molar-refractivity contribution is -0.944. The van der Waals surface area contributed by atoms with Crippen LogP contribution in [0.25, 0.3) is 5.57 Å². The topological polar surface area (TPSA) is 89.0 Å². The average Bonchev–Trinajstić information content (AvgIpc) is 3.15. The van der Waals surface area contributed by atoms with E-state index in [4.69, 9.17) is 9.47 Å². The summed E-state index contributed by atoms with van der Waals surface area (Å²) in [7, 11) is 2.11. The van der Waals surface area contributed by atoms with Crippen LogP contribution in [0.2, 0.25) is 0 Å². The Kier molecular flexibility index (Phi) is 9.20. The number of carbonyl (C=O) groups excluding carboxylic acids is 1.